The highest BCUT2D eigenvalue weighted by atomic mass is 16.3. The minimum atomic E-state index is -0.582. The van der Waals surface area contributed by atoms with E-state index in [0.29, 0.717) is 42.0 Å². The van der Waals surface area contributed by atoms with E-state index in [0.717, 1.165) is 69.4 Å². The van der Waals surface area contributed by atoms with E-state index in [2.05, 4.69) is 74.4 Å². The average Bonchev–Trinajstić information content (AvgIpc) is 3.53. The van der Waals surface area contributed by atoms with Gasteiger partial charge in [0.25, 0.3) is 5.91 Å². The second kappa shape index (κ2) is 15.3. The number of nitrogens with zero attached hydrogens (tertiary/aromatic N) is 5. The molecule has 2 N–H and O–H groups in total. The number of rotatable bonds is 7. The van der Waals surface area contributed by atoms with E-state index in [1.165, 1.54) is 67.6 Å². The van der Waals surface area contributed by atoms with Crippen molar-refractivity contribution in [3.05, 3.63) is 88.5 Å². The summed E-state index contributed by atoms with van der Waals surface area (Å²) >= 11 is 0. The lowest BCUT2D eigenvalue weighted by Crippen LogP contribution is -2.52. The minimum Gasteiger partial charge on any atom is -0.508 e. The number of piperazine rings is 1. The number of likely N-dealkylation sites (tertiary alicyclic amines) is 1. The number of fused-ring (bicyclic) bond motifs is 2. The van der Waals surface area contributed by atoms with Gasteiger partial charge in [0.15, 0.2) is 0 Å². The van der Waals surface area contributed by atoms with Crippen molar-refractivity contribution in [1.82, 2.24) is 20.0 Å². The number of phenolic OH excluding ortho intramolecular Hbond substituents is 1. The van der Waals surface area contributed by atoms with Gasteiger partial charge >= 0.3 is 0 Å². The molecule has 10 heteroatoms. The van der Waals surface area contributed by atoms with Gasteiger partial charge in [0.1, 0.15) is 11.8 Å². The molecule has 3 amide bonds. The second-order valence-electron chi connectivity index (χ2n) is 17.3. The van der Waals surface area contributed by atoms with Crippen LogP contribution in [-0.2, 0) is 22.6 Å². The second-order valence-corrected chi connectivity index (χ2v) is 17.3. The molecular formula is C45H56N6O4. The summed E-state index contributed by atoms with van der Waals surface area (Å²) in [5.41, 5.74) is 8.28. The van der Waals surface area contributed by atoms with Crippen LogP contribution in [0.1, 0.15) is 83.5 Å². The third-order valence-electron chi connectivity index (χ3n) is 14.0. The number of anilines is 2. The first-order valence-corrected chi connectivity index (χ1v) is 20.9. The van der Waals surface area contributed by atoms with E-state index in [1.807, 2.05) is 18.2 Å². The van der Waals surface area contributed by atoms with Crippen LogP contribution in [0.15, 0.2) is 60.7 Å². The molecule has 290 valence electrons. The molecule has 0 aromatic heterocycles. The Labute approximate surface area is 325 Å². The van der Waals surface area contributed by atoms with Crippen molar-refractivity contribution in [2.24, 2.45) is 17.8 Å². The van der Waals surface area contributed by atoms with Crippen molar-refractivity contribution in [1.29, 1.82) is 0 Å². The Morgan fingerprint density at radius 2 is 1.44 bits per heavy atom. The van der Waals surface area contributed by atoms with Gasteiger partial charge < -0.3 is 24.7 Å². The normalized spacial score (nSPS) is 25.9. The molecule has 55 heavy (non-hydrogen) atoms. The van der Waals surface area contributed by atoms with Gasteiger partial charge in [-0.25, -0.2) is 0 Å². The van der Waals surface area contributed by atoms with E-state index < -0.39 is 6.04 Å². The van der Waals surface area contributed by atoms with E-state index in [-0.39, 0.29) is 24.1 Å². The molecule has 3 atom stereocenters. The highest BCUT2D eigenvalue weighted by Gasteiger charge is 2.40. The van der Waals surface area contributed by atoms with Crippen LogP contribution < -0.4 is 15.1 Å². The van der Waals surface area contributed by atoms with Crippen LogP contribution in [-0.4, -0.2) is 110 Å². The van der Waals surface area contributed by atoms with Gasteiger partial charge in [-0.2, -0.15) is 0 Å². The fraction of sp³-hybridized carbons (Fsp3) is 0.533. The van der Waals surface area contributed by atoms with Crippen LogP contribution in [0.5, 0.6) is 5.75 Å². The monoisotopic (exact) mass is 744 g/mol. The molecule has 9 rings (SSSR count). The summed E-state index contributed by atoms with van der Waals surface area (Å²) in [4.78, 5) is 49.0. The first-order valence-electron chi connectivity index (χ1n) is 20.9. The predicted octanol–water partition coefficient (Wildman–Crippen LogP) is 5.23. The molecule has 0 bridgehead atoms. The van der Waals surface area contributed by atoms with Crippen molar-refractivity contribution in [3.63, 3.8) is 0 Å². The van der Waals surface area contributed by atoms with Gasteiger partial charge in [0.2, 0.25) is 11.8 Å². The lowest BCUT2D eigenvalue weighted by Gasteiger charge is -2.42. The zero-order chi connectivity index (χ0) is 37.6. The summed E-state index contributed by atoms with van der Waals surface area (Å²) in [7, 11) is 2.25. The van der Waals surface area contributed by atoms with Crippen LogP contribution in [0, 0.1) is 17.8 Å². The summed E-state index contributed by atoms with van der Waals surface area (Å²) in [6.07, 6.45) is 7.89. The third kappa shape index (κ3) is 7.35. The molecule has 0 saturated carbocycles. The number of aryl methyl sites for hydroxylation is 1. The fourth-order valence-electron chi connectivity index (χ4n) is 10.8. The Balaban J connectivity index is 0.774. The van der Waals surface area contributed by atoms with Crippen molar-refractivity contribution in [3.8, 4) is 5.75 Å². The lowest BCUT2D eigenvalue weighted by molar-refractivity contribution is -0.136. The van der Waals surface area contributed by atoms with E-state index >= 15 is 0 Å². The summed E-state index contributed by atoms with van der Waals surface area (Å²) in [5.74, 6) is 2.12. The molecule has 10 nitrogen and oxygen atoms in total. The number of imide groups is 1. The molecule has 0 radical (unpaired) electrons. The van der Waals surface area contributed by atoms with Crippen molar-refractivity contribution >= 4 is 29.1 Å². The van der Waals surface area contributed by atoms with Gasteiger partial charge in [-0.05, 0) is 148 Å². The molecule has 6 aliphatic rings. The zero-order valence-electron chi connectivity index (χ0n) is 32.3. The number of piperidine rings is 3. The Kier molecular flexibility index (Phi) is 10.1. The lowest BCUT2D eigenvalue weighted by atomic mass is 9.65. The maximum absolute atomic E-state index is 13.2. The highest BCUT2D eigenvalue weighted by Crippen LogP contribution is 2.47. The van der Waals surface area contributed by atoms with Crippen LogP contribution >= 0.6 is 0 Å². The maximum atomic E-state index is 13.2. The molecule has 4 saturated heterocycles. The quantitative estimate of drug-likeness (QED) is 0.318. The largest absolute Gasteiger partial charge is 0.508 e. The van der Waals surface area contributed by atoms with Gasteiger partial charge in [0.05, 0.1) is 0 Å². The topological polar surface area (TPSA) is 99.7 Å². The smallest absolute Gasteiger partial charge is 0.255 e. The molecule has 0 unspecified atom stereocenters. The van der Waals surface area contributed by atoms with Crippen molar-refractivity contribution in [2.75, 3.05) is 75.8 Å². The number of nitrogens with one attached hydrogen (secondary N) is 1. The Hall–Kier alpha value is -4.41. The van der Waals surface area contributed by atoms with Crippen molar-refractivity contribution in [2.45, 2.75) is 69.9 Å². The number of carbonyl (C=O) groups excluding carboxylic acids is 3. The number of amides is 3. The number of hydrogen-bond acceptors (Lipinski definition) is 8. The molecule has 5 aliphatic heterocycles. The fourth-order valence-corrected chi connectivity index (χ4v) is 10.8. The molecule has 1 aliphatic carbocycles. The van der Waals surface area contributed by atoms with Gasteiger partial charge in [-0.15, -0.1) is 0 Å². The van der Waals surface area contributed by atoms with Crippen molar-refractivity contribution < 1.29 is 19.5 Å². The van der Waals surface area contributed by atoms with Crippen LogP contribution in [0.2, 0.25) is 0 Å². The number of aromatic hydroxyl groups is 1. The van der Waals surface area contributed by atoms with Gasteiger partial charge in [-0.3, -0.25) is 24.6 Å². The van der Waals surface area contributed by atoms with Gasteiger partial charge in [0, 0.05) is 81.6 Å². The third-order valence-corrected chi connectivity index (χ3v) is 14.0. The number of phenols is 1. The average molecular weight is 745 g/mol. The molecule has 0 spiro atoms. The summed E-state index contributed by atoms with van der Waals surface area (Å²) in [6, 6.07) is 21.2. The minimum absolute atomic E-state index is 0.117. The maximum Gasteiger partial charge on any atom is 0.255 e. The summed E-state index contributed by atoms with van der Waals surface area (Å²) in [5, 5.41) is 12.7. The molecule has 4 fully saturated rings. The Bertz CT molecular complexity index is 1910. The SMILES string of the molecule is CN1CCC([C@H]2CCc3cc(O)ccc3[C@H]2c2ccc(N3CCC(CN4CCN(c5ccc6c(c5)CN([C@H]5CCC(=O)NC5=O)C6=O)CC4)CC3)cc2)CC1. The van der Waals surface area contributed by atoms with Gasteiger partial charge in [-0.1, -0.05) is 18.2 Å². The van der Waals surface area contributed by atoms with Crippen LogP contribution in [0.25, 0.3) is 0 Å². The molecule has 3 aromatic rings. The highest BCUT2D eigenvalue weighted by molar-refractivity contribution is 6.05. The molecule has 5 heterocycles. The Morgan fingerprint density at radius 3 is 2.18 bits per heavy atom. The van der Waals surface area contributed by atoms with E-state index in [9.17, 15) is 19.5 Å². The number of hydrogen-bond donors (Lipinski definition) is 2. The van der Waals surface area contributed by atoms with E-state index in [1.54, 1.807) is 4.90 Å². The summed E-state index contributed by atoms with van der Waals surface area (Å²) in [6.45, 7) is 10.1. The van der Waals surface area contributed by atoms with E-state index in [4.69, 9.17) is 0 Å². The molecular weight excluding hydrogens is 689 g/mol. The first kappa shape index (κ1) is 36.2. The predicted molar refractivity (Wildman–Crippen MR) is 215 cm³/mol. The zero-order valence-corrected chi connectivity index (χ0v) is 32.3. The Morgan fingerprint density at radius 1 is 0.709 bits per heavy atom. The standard InChI is InChI=1S/C45H56N6O4/c1-47-18-16-31(17-19-47)38-9-4-33-27-37(52)8-11-39(33)43(38)32-2-5-35(6-3-32)49-20-14-30(15-21-49)28-48-22-24-50(25-23-48)36-7-10-40-34(26-36)29-51(45(40)55)41-12-13-42(53)46-44(41)54/h2-3,5-8,10-11,26-27,30-31,38,41,43,52H,4,9,12-25,28-29H2,1H3,(H,46,53,54)/t38-,41+,43+/m1/s1. The van der Waals surface area contributed by atoms with Crippen LogP contribution in [0.3, 0.4) is 0 Å². The number of benzene rings is 3. The van der Waals surface area contributed by atoms with Crippen LogP contribution in [0.4, 0.5) is 11.4 Å². The number of carbonyl (C=O) groups is 3. The first-order chi connectivity index (χ1) is 26.8. The molecule has 3 aromatic carbocycles. The summed E-state index contributed by atoms with van der Waals surface area (Å²) < 4.78 is 0.